The quantitative estimate of drug-likeness (QED) is 0.165. The van der Waals surface area contributed by atoms with Crippen molar-refractivity contribution in [2.45, 2.75) is 24.7 Å². The molecule has 9 aromatic rings. The predicted molar refractivity (Wildman–Crippen MR) is 239 cm³/mol. The molecule has 0 bridgehead atoms. The van der Waals surface area contributed by atoms with E-state index in [0.29, 0.717) is 0 Å². The highest BCUT2D eigenvalue weighted by Gasteiger charge is 2.46. The molecule has 0 atom stereocenters. The predicted octanol–water partition coefficient (Wildman–Crippen LogP) is 14.6. The fourth-order valence-electron chi connectivity index (χ4n) is 10.1. The standard InChI is InChI=1S/C56H41N/c1-55(2)51-24-11-8-20-47(51)50-36-35-44(37-54(50)55)57(42-31-27-39(28-32-42)46-23-14-16-38-15-6-7-19-45(38)46)43-33-29-41(30-34-43)56(40-17-4-3-5-18-40)52-25-12-9-21-48(52)49-22-10-13-26-53(49)56/h3-37H,1-2H3. The van der Waals surface area contributed by atoms with Gasteiger partial charge in [0.15, 0.2) is 0 Å². The molecule has 0 aliphatic heterocycles. The van der Waals surface area contributed by atoms with Gasteiger partial charge < -0.3 is 4.90 Å². The van der Waals surface area contributed by atoms with Crippen LogP contribution in [0.3, 0.4) is 0 Å². The molecule has 57 heavy (non-hydrogen) atoms. The van der Waals surface area contributed by atoms with Crippen LogP contribution in [0.2, 0.25) is 0 Å². The summed E-state index contributed by atoms with van der Waals surface area (Å²) < 4.78 is 0. The fourth-order valence-corrected chi connectivity index (χ4v) is 10.1. The Bertz CT molecular complexity index is 2920. The van der Waals surface area contributed by atoms with Crippen molar-refractivity contribution in [2.24, 2.45) is 0 Å². The molecule has 1 heteroatoms. The molecule has 0 spiro atoms. The van der Waals surface area contributed by atoms with Gasteiger partial charge in [0.2, 0.25) is 0 Å². The highest BCUT2D eigenvalue weighted by molar-refractivity contribution is 5.97. The minimum atomic E-state index is -0.443. The number of hydrogen-bond acceptors (Lipinski definition) is 1. The second kappa shape index (κ2) is 12.8. The minimum Gasteiger partial charge on any atom is -0.310 e. The molecule has 0 radical (unpaired) electrons. The van der Waals surface area contributed by atoms with Gasteiger partial charge in [0, 0.05) is 22.5 Å². The zero-order valence-electron chi connectivity index (χ0n) is 32.2. The van der Waals surface area contributed by atoms with Gasteiger partial charge >= 0.3 is 0 Å². The van der Waals surface area contributed by atoms with E-state index < -0.39 is 5.41 Å². The SMILES string of the molecule is CC1(C)c2ccccc2-c2ccc(N(c3ccc(-c4cccc5ccccc45)cc3)c3ccc(C4(c5ccccc5)c5ccccc5-c5ccccc54)cc3)cc21. The maximum atomic E-state index is 2.43. The largest absolute Gasteiger partial charge is 0.310 e. The highest BCUT2D eigenvalue weighted by Crippen LogP contribution is 2.56. The van der Waals surface area contributed by atoms with Crippen LogP contribution in [0.15, 0.2) is 212 Å². The van der Waals surface area contributed by atoms with Crippen LogP contribution in [-0.4, -0.2) is 0 Å². The fraction of sp³-hybridized carbons (Fsp3) is 0.0714. The second-order valence-corrected chi connectivity index (χ2v) is 16.1. The molecule has 0 heterocycles. The van der Waals surface area contributed by atoms with E-state index in [1.165, 1.54) is 77.5 Å². The number of hydrogen-bond donors (Lipinski definition) is 0. The molecule has 11 rings (SSSR count). The van der Waals surface area contributed by atoms with Crippen LogP contribution >= 0.6 is 0 Å². The zero-order valence-corrected chi connectivity index (χ0v) is 32.2. The van der Waals surface area contributed by atoms with Gasteiger partial charge in [-0.1, -0.05) is 190 Å². The average Bonchev–Trinajstić information content (AvgIpc) is 3.70. The Morgan fingerprint density at radius 2 is 0.807 bits per heavy atom. The van der Waals surface area contributed by atoms with E-state index >= 15 is 0 Å². The van der Waals surface area contributed by atoms with Crippen LogP contribution in [0.4, 0.5) is 17.1 Å². The Morgan fingerprint density at radius 3 is 1.49 bits per heavy atom. The topological polar surface area (TPSA) is 3.24 Å². The van der Waals surface area contributed by atoms with E-state index in [9.17, 15) is 0 Å². The van der Waals surface area contributed by atoms with Crippen molar-refractivity contribution in [3.05, 3.63) is 246 Å². The normalized spacial score (nSPS) is 14.1. The summed E-state index contributed by atoms with van der Waals surface area (Å²) in [6.07, 6.45) is 0. The first-order chi connectivity index (χ1) is 28.0. The molecule has 0 saturated carbocycles. The monoisotopic (exact) mass is 727 g/mol. The molecule has 1 nitrogen and oxygen atoms in total. The number of nitrogens with zero attached hydrogens (tertiary/aromatic N) is 1. The lowest BCUT2D eigenvalue weighted by Crippen LogP contribution is -2.28. The van der Waals surface area contributed by atoms with E-state index in [1.807, 2.05) is 0 Å². The molecule has 0 amide bonds. The first-order valence-corrected chi connectivity index (χ1v) is 20.0. The highest BCUT2D eigenvalue weighted by atomic mass is 15.1. The van der Waals surface area contributed by atoms with Crippen LogP contribution < -0.4 is 4.90 Å². The lowest BCUT2D eigenvalue weighted by molar-refractivity contribution is 0.660. The van der Waals surface area contributed by atoms with Crippen molar-refractivity contribution in [1.82, 2.24) is 0 Å². The first kappa shape index (κ1) is 33.4. The van der Waals surface area contributed by atoms with Gasteiger partial charge in [-0.15, -0.1) is 0 Å². The van der Waals surface area contributed by atoms with Gasteiger partial charge in [0.25, 0.3) is 0 Å². The summed E-state index contributed by atoms with van der Waals surface area (Å²) in [5.74, 6) is 0. The van der Waals surface area contributed by atoms with Crippen molar-refractivity contribution in [3.8, 4) is 33.4 Å². The third-order valence-electron chi connectivity index (χ3n) is 12.8. The number of anilines is 3. The van der Waals surface area contributed by atoms with E-state index in [-0.39, 0.29) is 5.41 Å². The van der Waals surface area contributed by atoms with Crippen molar-refractivity contribution in [1.29, 1.82) is 0 Å². The lowest BCUT2D eigenvalue weighted by Gasteiger charge is -2.34. The maximum absolute atomic E-state index is 2.43. The van der Waals surface area contributed by atoms with Crippen LogP contribution in [0.1, 0.15) is 47.2 Å². The van der Waals surface area contributed by atoms with Crippen LogP contribution in [0.5, 0.6) is 0 Å². The first-order valence-electron chi connectivity index (χ1n) is 20.0. The third-order valence-corrected chi connectivity index (χ3v) is 12.8. The minimum absolute atomic E-state index is 0.110. The summed E-state index contributed by atoms with van der Waals surface area (Å²) in [7, 11) is 0. The molecule has 0 N–H and O–H groups in total. The molecule has 2 aliphatic carbocycles. The summed E-state index contributed by atoms with van der Waals surface area (Å²) in [5.41, 5.74) is 18.5. The van der Waals surface area contributed by atoms with E-state index in [1.54, 1.807) is 0 Å². The molecule has 9 aromatic carbocycles. The number of rotatable bonds is 6. The van der Waals surface area contributed by atoms with Crippen molar-refractivity contribution in [3.63, 3.8) is 0 Å². The van der Waals surface area contributed by atoms with Crippen LogP contribution in [0.25, 0.3) is 44.2 Å². The summed E-state index contributed by atoms with van der Waals surface area (Å²) in [5, 5.41) is 2.52. The Labute approximate surface area is 335 Å². The Kier molecular flexibility index (Phi) is 7.50. The van der Waals surface area contributed by atoms with Gasteiger partial charge in [0.1, 0.15) is 0 Å². The maximum Gasteiger partial charge on any atom is 0.0713 e. The molecule has 0 unspecified atom stereocenters. The Hall–Kier alpha value is -6.96. The van der Waals surface area contributed by atoms with Crippen molar-refractivity contribution >= 4 is 27.8 Å². The van der Waals surface area contributed by atoms with Gasteiger partial charge in [-0.05, 0) is 114 Å². The van der Waals surface area contributed by atoms with Gasteiger partial charge in [0.05, 0.1) is 5.41 Å². The summed E-state index contributed by atoms with van der Waals surface area (Å²) in [4.78, 5) is 2.43. The summed E-state index contributed by atoms with van der Waals surface area (Å²) >= 11 is 0. The molecular formula is C56H41N. The van der Waals surface area contributed by atoms with Crippen molar-refractivity contribution in [2.75, 3.05) is 4.90 Å². The van der Waals surface area contributed by atoms with Gasteiger partial charge in [-0.3, -0.25) is 0 Å². The van der Waals surface area contributed by atoms with Crippen LogP contribution in [-0.2, 0) is 10.8 Å². The third kappa shape index (κ3) is 4.95. The Balaban J connectivity index is 1.08. The number of fused-ring (bicyclic) bond motifs is 7. The Morgan fingerprint density at radius 1 is 0.333 bits per heavy atom. The van der Waals surface area contributed by atoms with E-state index in [0.717, 1.165) is 17.1 Å². The molecule has 270 valence electrons. The number of benzene rings is 9. The summed E-state index contributed by atoms with van der Waals surface area (Å²) in [6, 6.07) is 78.7. The smallest absolute Gasteiger partial charge is 0.0713 e. The lowest BCUT2D eigenvalue weighted by atomic mass is 9.68. The van der Waals surface area contributed by atoms with Gasteiger partial charge in [-0.25, -0.2) is 0 Å². The van der Waals surface area contributed by atoms with E-state index in [4.69, 9.17) is 0 Å². The molecule has 0 fully saturated rings. The summed E-state index contributed by atoms with van der Waals surface area (Å²) in [6.45, 7) is 4.72. The molecule has 0 aromatic heterocycles. The average molecular weight is 728 g/mol. The second-order valence-electron chi connectivity index (χ2n) is 16.1. The zero-order chi connectivity index (χ0) is 38.1. The molecule has 0 saturated heterocycles. The van der Waals surface area contributed by atoms with Crippen LogP contribution in [0, 0.1) is 0 Å². The molecule has 2 aliphatic rings. The van der Waals surface area contributed by atoms with Crippen molar-refractivity contribution < 1.29 is 0 Å². The van der Waals surface area contributed by atoms with E-state index in [2.05, 4.69) is 231 Å². The van der Waals surface area contributed by atoms with Gasteiger partial charge in [-0.2, -0.15) is 0 Å². The molecular weight excluding hydrogens is 687 g/mol.